The summed E-state index contributed by atoms with van der Waals surface area (Å²) < 4.78 is 7.41. The zero-order chi connectivity index (χ0) is 16.8. The third-order valence-corrected chi connectivity index (χ3v) is 3.23. The Labute approximate surface area is 140 Å². The van der Waals surface area contributed by atoms with Crippen molar-refractivity contribution in [2.45, 2.75) is 0 Å². The average Bonchev–Trinajstić information content (AvgIpc) is 2.99. The summed E-state index contributed by atoms with van der Waals surface area (Å²) in [6, 6.07) is 18.8. The molecule has 0 fully saturated rings. The highest BCUT2D eigenvalue weighted by atomic mass is 16.5. The normalized spacial score (nSPS) is 10.7. The number of carbonyl (C=O) groups excluding carboxylic acids is 1. The molecule has 5 heteroatoms. The number of benzene rings is 2. The van der Waals surface area contributed by atoms with Crippen LogP contribution in [0.3, 0.4) is 0 Å². The summed E-state index contributed by atoms with van der Waals surface area (Å²) in [5.41, 5.74) is 0.875. The van der Waals surface area contributed by atoms with Crippen LogP contribution in [0.1, 0.15) is 5.56 Å². The Hall–Kier alpha value is -3.34. The Morgan fingerprint density at radius 2 is 1.88 bits per heavy atom. The van der Waals surface area contributed by atoms with Gasteiger partial charge in [0.25, 0.3) is 0 Å². The van der Waals surface area contributed by atoms with Crippen molar-refractivity contribution in [3.8, 4) is 11.5 Å². The van der Waals surface area contributed by atoms with Gasteiger partial charge in [-0.2, -0.15) is 5.10 Å². The lowest BCUT2D eigenvalue weighted by Crippen LogP contribution is -2.08. The highest BCUT2D eigenvalue weighted by molar-refractivity contribution is 6.01. The zero-order valence-corrected chi connectivity index (χ0v) is 13.2. The van der Waals surface area contributed by atoms with Crippen LogP contribution in [0.2, 0.25) is 0 Å². The molecule has 0 aliphatic rings. The zero-order valence-electron chi connectivity index (χ0n) is 13.2. The number of rotatable bonds is 5. The first-order valence-corrected chi connectivity index (χ1v) is 7.51. The Bertz CT molecular complexity index is 854. The number of nitrogens with zero attached hydrogens (tertiary/aromatic N) is 2. The van der Waals surface area contributed by atoms with Crippen molar-refractivity contribution < 1.29 is 9.53 Å². The lowest BCUT2D eigenvalue weighted by atomic mass is 10.2. The first-order valence-electron chi connectivity index (χ1n) is 7.51. The van der Waals surface area contributed by atoms with E-state index in [0.717, 1.165) is 11.3 Å². The van der Waals surface area contributed by atoms with E-state index in [2.05, 4.69) is 10.4 Å². The summed E-state index contributed by atoms with van der Waals surface area (Å²) >= 11 is 0. The largest absolute Gasteiger partial charge is 0.457 e. The number of aromatic nitrogens is 2. The minimum Gasteiger partial charge on any atom is -0.457 e. The van der Waals surface area contributed by atoms with E-state index in [1.807, 2.05) is 54.6 Å². The van der Waals surface area contributed by atoms with Gasteiger partial charge in [-0.1, -0.05) is 30.3 Å². The number of nitrogens with one attached hydrogen (secondary N) is 1. The van der Waals surface area contributed by atoms with Crippen LogP contribution in [0, 0.1) is 0 Å². The molecule has 0 atom stereocenters. The van der Waals surface area contributed by atoms with E-state index in [1.54, 1.807) is 30.1 Å². The van der Waals surface area contributed by atoms with E-state index in [-0.39, 0.29) is 5.91 Å². The number of hydrogen-bond acceptors (Lipinski definition) is 3. The molecule has 0 radical (unpaired) electrons. The standard InChI is InChI=1S/C19H17N3O2/c1-22-13-12-18(21-22)20-19(23)11-10-15-6-5-9-17(14-15)24-16-7-3-2-4-8-16/h2-14H,1H3,(H,20,21,23). The predicted molar refractivity (Wildman–Crippen MR) is 93.8 cm³/mol. The van der Waals surface area contributed by atoms with Crippen LogP contribution in [-0.4, -0.2) is 15.7 Å². The molecule has 0 aliphatic heterocycles. The van der Waals surface area contributed by atoms with Gasteiger partial charge in [-0.3, -0.25) is 9.48 Å². The summed E-state index contributed by atoms with van der Waals surface area (Å²) in [5.74, 6) is 1.77. The van der Waals surface area contributed by atoms with E-state index < -0.39 is 0 Å². The Balaban J connectivity index is 1.64. The van der Waals surface area contributed by atoms with Crippen LogP contribution in [0.15, 0.2) is 72.9 Å². The first kappa shape index (κ1) is 15.6. The molecule has 3 rings (SSSR count). The van der Waals surface area contributed by atoms with E-state index >= 15 is 0 Å². The molecular weight excluding hydrogens is 302 g/mol. The van der Waals surface area contributed by atoms with Gasteiger partial charge in [0.2, 0.25) is 5.91 Å². The van der Waals surface area contributed by atoms with Crippen LogP contribution in [0.25, 0.3) is 6.08 Å². The second kappa shape index (κ2) is 7.28. The smallest absolute Gasteiger partial charge is 0.249 e. The SMILES string of the molecule is Cn1ccc(NC(=O)C=Cc2cccc(Oc3ccccc3)c2)n1. The molecule has 0 saturated heterocycles. The molecular formula is C19H17N3O2. The van der Waals surface area contributed by atoms with E-state index in [9.17, 15) is 4.79 Å². The van der Waals surface area contributed by atoms with Gasteiger partial charge in [0, 0.05) is 25.4 Å². The molecule has 0 saturated carbocycles. The Morgan fingerprint density at radius 3 is 2.62 bits per heavy atom. The number of carbonyl (C=O) groups is 1. The quantitative estimate of drug-likeness (QED) is 0.726. The minimum atomic E-state index is -0.233. The number of hydrogen-bond donors (Lipinski definition) is 1. The molecule has 5 nitrogen and oxygen atoms in total. The number of amides is 1. The minimum absolute atomic E-state index is 0.233. The molecule has 24 heavy (non-hydrogen) atoms. The molecule has 0 aliphatic carbocycles. The van der Waals surface area contributed by atoms with Gasteiger partial charge in [0.1, 0.15) is 11.5 Å². The maximum atomic E-state index is 11.9. The molecule has 1 amide bonds. The maximum Gasteiger partial charge on any atom is 0.249 e. The fourth-order valence-electron chi connectivity index (χ4n) is 2.13. The fraction of sp³-hybridized carbons (Fsp3) is 0.0526. The van der Waals surface area contributed by atoms with Crippen LogP contribution in [0.5, 0.6) is 11.5 Å². The number of anilines is 1. The van der Waals surface area contributed by atoms with Crippen molar-refractivity contribution in [2.75, 3.05) is 5.32 Å². The Morgan fingerprint density at radius 1 is 1.08 bits per heavy atom. The number of ether oxygens (including phenoxy) is 1. The lowest BCUT2D eigenvalue weighted by Gasteiger charge is -2.05. The number of para-hydroxylation sites is 1. The molecule has 0 bridgehead atoms. The topological polar surface area (TPSA) is 56.2 Å². The highest BCUT2D eigenvalue weighted by Gasteiger charge is 2.01. The molecule has 1 N–H and O–H groups in total. The second-order valence-electron chi connectivity index (χ2n) is 5.18. The van der Waals surface area contributed by atoms with Gasteiger partial charge in [-0.25, -0.2) is 0 Å². The van der Waals surface area contributed by atoms with Gasteiger partial charge in [-0.05, 0) is 35.9 Å². The summed E-state index contributed by atoms with van der Waals surface area (Å²) in [4.78, 5) is 11.9. The van der Waals surface area contributed by atoms with Crippen LogP contribution in [-0.2, 0) is 11.8 Å². The van der Waals surface area contributed by atoms with E-state index in [4.69, 9.17) is 4.74 Å². The van der Waals surface area contributed by atoms with Crippen molar-refractivity contribution in [1.82, 2.24) is 9.78 Å². The van der Waals surface area contributed by atoms with E-state index in [0.29, 0.717) is 11.6 Å². The second-order valence-corrected chi connectivity index (χ2v) is 5.18. The highest BCUT2D eigenvalue weighted by Crippen LogP contribution is 2.22. The summed E-state index contributed by atoms with van der Waals surface area (Å²) in [6.45, 7) is 0. The van der Waals surface area contributed by atoms with Crippen molar-refractivity contribution in [1.29, 1.82) is 0 Å². The Kier molecular flexibility index (Phi) is 4.72. The van der Waals surface area contributed by atoms with Crippen LogP contribution < -0.4 is 10.1 Å². The third-order valence-electron chi connectivity index (χ3n) is 3.23. The van der Waals surface area contributed by atoms with Gasteiger partial charge >= 0.3 is 0 Å². The van der Waals surface area contributed by atoms with Crippen molar-refractivity contribution in [3.05, 3.63) is 78.5 Å². The van der Waals surface area contributed by atoms with Gasteiger partial charge in [0.05, 0.1) is 0 Å². The molecule has 1 aromatic heterocycles. The molecule has 1 heterocycles. The van der Waals surface area contributed by atoms with Crippen LogP contribution >= 0.6 is 0 Å². The molecule has 0 spiro atoms. The number of aryl methyl sites for hydroxylation is 1. The molecule has 120 valence electrons. The molecule has 0 unspecified atom stereocenters. The maximum absolute atomic E-state index is 11.9. The average molecular weight is 319 g/mol. The molecule has 3 aromatic rings. The van der Waals surface area contributed by atoms with E-state index in [1.165, 1.54) is 6.08 Å². The van der Waals surface area contributed by atoms with Crippen molar-refractivity contribution in [3.63, 3.8) is 0 Å². The monoisotopic (exact) mass is 319 g/mol. The van der Waals surface area contributed by atoms with Gasteiger partial charge < -0.3 is 10.1 Å². The van der Waals surface area contributed by atoms with Crippen LogP contribution in [0.4, 0.5) is 5.82 Å². The fourth-order valence-corrected chi connectivity index (χ4v) is 2.13. The first-order chi connectivity index (χ1) is 11.7. The summed E-state index contributed by atoms with van der Waals surface area (Å²) in [6.07, 6.45) is 4.97. The lowest BCUT2D eigenvalue weighted by molar-refractivity contribution is -0.111. The predicted octanol–water partition coefficient (Wildman–Crippen LogP) is 3.86. The summed E-state index contributed by atoms with van der Waals surface area (Å²) in [5, 5.41) is 6.80. The van der Waals surface area contributed by atoms with Crippen molar-refractivity contribution >= 4 is 17.8 Å². The van der Waals surface area contributed by atoms with Crippen molar-refractivity contribution in [2.24, 2.45) is 7.05 Å². The summed E-state index contributed by atoms with van der Waals surface area (Å²) in [7, 11) is 1.80. The van der Waals surface area contributed by atoms with Gasteiger partial charge in [0.15, 0.2) is 5.82 Å². The van der Waals surface area contributed by atoms with Gasteiger partial charge in [-0.15, -0.1) is 0 Å². The molecule has 2 aromatic carbocycles. The third kappa shape index (κ3) is 4.33.